The van der Waals surface area contributed by atoms with Crippen molar-refractivity contribution in [1.29, 1.82) is 0 Å². The Bertz CT molecular complexity index is 631. The molecule has 0 bridgehead atoms. The van der Waals surface area contributed by atoms with Gasteiger partial charge in [0.25, 0.3) is 0 Å². The standard InChI is InChI=1S/C14H14F3N3/c1-20-8-9(7-19-20)11-4-5-18-13-6-10(14(15,16)17)2-3-12(11)13/h2-3,6-8,11,18H,4-5H2,1H3. The van der Waals surface area contributed by atoms with Gasteiger partial charge in [-0.1, -0.05) is 6.07 Å². The Morgan fingerprint density at radius 3 is 2.80 bits per heavy atom. The van der Waals surface area contributed by atoms with E-state index in [9.17, 15) is 13.2 Å². The first-order valence-corrected chi connectivity index (χ1v) is 6.39. The van der Waals surface area contributed by atoms with E-state index in [-0.39, 0.29) is 5.92 Å². The van der Waals surface area contributed by atoms with Gasteiger partial charge in [-0.3, -0.25) is 4.68 Å². The van der Waals surface area contributed by atoms with Crippen LogP contribution >= 0.6 is 0 Å². The van der Waals surface area contributed by atoms with E-state index in [2.05, 4.69) is 10.4 Å². The lowest BCUT2D eigenvalue weighted by Crippen LogP contribution is -2.18. The van der Waals surface area contributed by atoms with E-state index in [1.54, 1.807) is 16.9 Å². The second-order valence-corrected chi connectivity index (χ2v) is 5.02. The highest BCUT2D eigenvalue weighted by Gasteiger charge is 2.32. The Kier molecular flexibility index (Phi) is 2.96. The molecule has 1 aliphatic rings. The van der Waals surface area contributed by atoms with Crippen molar-refractivity contribution in [2.45, 2.75) is 18.5 Å². The van der Waals surface area contributed by atoms with Crippen LogP contribution < -0.4 is 5.32 Å². The number of benzene rings is 1. The number of alkyl halides is 3. The molecular weight excluding hydrogens is 267 g/mol. The average Bonchev–Trinajstić information content (AvgIpc) is 2.83. The van der Waals surface area contributed by atoms with Crippen LogP contribution in [-0.2, 0) is 13.2 Å². The molecule has 2 heterocycles. The number of nitrogens with zero attached hydrogens (tertiary/aromatic N) is 2. The van der Waals surface area contributed by atoms with E-state index in [1.165, 1.54) is 6.07 Å². The lowest BCUT2D eigenvalue weighted by atomic mass is 9.86. The number of halogens is 3. The van der Waals surface area contributed by atoms with E-state index >= 15 is 0 Å². The lowest BCUT2D eigenvalue weighted by Gasteiger charge is -2.27. The molecular formula is C14H14F3N3. The van der Waals surface area contributed by atoms with E-state index in [0.29, 0.717) is 12.2 Å². The summed E-state index contributed by atoms with van der Waals surface area (Å²) in [4.78, 5) is 0. The van der Waals surface area contributed by atoms with Gasteiger partial charge in [-0.15, -0.1) is 0 Å². The van der Waals surface area contributed by atoms with Gasteiger partial charge in [-0.05, 0) is 29.7 Å². The summed E-state index contributed by atoms with van der Waals surface area (Å²) in [7, 11) is 1.83. The second-order valence-electron chi connectivity index (χ2n) is 5.02. The van der Waals surface area contributed by atoms with Crippen molar-refractivity contribution in [1.82, 2.24) is 9.78 Å². The molecule has 1 unspecified atom stereocenters. The van der Waals surface area contributed by atoms with Crippen molar-refractivity contribution >= 4 is 5.69 Å². The van der Waals surface area contributed by atoms with Gasteiger partial charge >= 0.3 is 6.18 Å². The number of hydrogen-bond acceptors (Lipinski definition) is 2. The lowest BCUT2D eigenvalue weighted by molar-refractivity contribution is -0.137. The highest BCUT2D eigenvalue weighted by molar-refractivity contribution is 5.59. The van der Waals surface area contributed by atoms with Gasteiger partial charge < -0.3 is 5.32 Å². The zero-order valence-corrected chi connectivity index (χ0v) is 10.9. The molecule has 6 heteroatoms. The molecule has 20 heavy (non-hydrogen) atoms. The summed E-state index contributed by atoms with van der Waals surface area (Å²) in [6, 6.07) is 3.91. The smallest absolute Gasteiger partial charge is 0.385 e. The highest BCUT2D eigenvalue weighted by atomic mass is 19.4. The number of rotatable bonds is 1. The third-order valence-electron chi connectivity index (χ3n) is 3.63. The first-order valence-electron chi connectivity index (χ1n) is 6.39. The minimum absolute atomic E-state index is 0.0993. The van der Waals surface area contributed by atoms with Crippen molar-refractivity contribution in [3.8, 4) is 0 Å². The Morgan fingerprint density at radius 2 is 2.15 bits per heavy atom. The van der Waals surface area contributed by atoms with Gasteiger partial charge in [0, 0.05) is 31.4 Å². The summed E-state index contributed by atoms with van der Waals surface area (Å²) in [5, 5.41) is 7.19. The highest BCUT2D eigenvalue weighted by Crippen LogP contribution is 2.39. The Hall–Kier alpha value is -1.98. The van der Waals surface area contributed by atoms with E-state index in [0.717, 1.165) is 23.6 Å². The van der Waals surface area contributed by atoms with Crippen molar-refractivity contribution in [2.24, 2.45) is 7.05 Å². The van der Waals surface area contributed by atoms with Gasteiger partial charge in [-0.2, -0.15) is 18.3 Å². The third kappa shape index (κ3) is 2.26. The second kappa shape index (κ2) is 4.54. The molecule has 0 fully saturated rings. The summed E-state index contributed by atoms with van der Waals surface area (Å²) in [6.07, 6.45) is 0.233. The van der Waals surface area contributed by atoms with Gasteiger partial charge in [-0.25, -0.2) is 0 Å². The molecule has 1 atom stereocenters. The number of hydrogen-bond donors (Lipinski definition) is 1. The molecule has 0 amide bonds. The minimum Gasteiger partial charge on any atom is -0.385 e. The van der Waals surface area contributed by atoms with Crippen LogP contribution in [0.3, 0.4) is 0 Å². The van der Waals surface area contributed by atoms with Gasteiger partial charge in [0.1, 0.15) is 0 Å². The first-order chi connectivity index (χ1) is 9.45. The zero-order chi connectivity index (χ0) is 14.3. The molecule has 1 aromatic heterocycles. The monoisotopic (exact) mass is 281 g/mol. The molecule has 3 rings (SSSR count). The molecule has 1 aliphatic heterocycles. The molecule has 1 aromatic carbocycles. The summed E-state index contributed by atoms with van der Waals surface area (Å²) < 4.78 is 39.9. The molecule has 0 saturated carbocycles. The molecule has 0 aliphatic carbocycles. The fourth-order valence-electron chi connectivity index (χ4n) is 2.66. The van der Waals surface area contributed by atoms with E-state index in [1.807, 2.05) is 13.2 Å². The quantitative estimate of drug-likeness (QED) is 0.868. The van der Waals surface area contributed by atoms with Gasteiger partial charge in [0.05, 0.1) is 11.8 Å². The molecule has 106 valence electrons. The minimum atomic E-state index is -4.31. The Labute approximate surface area is 114 Å². The van der Waals surface area contributed by atoms with Crippen LogP contribution in [0.25, 0.3) is 0 Å². The number of fused-ring (bicyclic) bond motifs is 1. The number of nitrogens with one attached hydrogen (secondary N) is 1. The predicted molar refractivity (Wildman–Crippen MR) is 69.6 cm³/mol. The maximum Gasteiger partial charge on any atom is 0.416 e. The zero-order valence-electron chi connectivity index (χ0n) is 10.9. The summed E-state index contributed by atoms with van der Waals surface area (Å²) in [5.74, 6) is 0.0993. The topological polar surface area (TPSA) is 29.9 Å². The number of aryl methyl sites for hydroxylation is 1. The molecule has 0 saturated heterocycles. The van der Waals surface area contributed by atoms with Crippen LogP contribution in [0.15, 0.2) is 30.6 Å². The van der Waals surface area contributed by atoms with Crippen molar-refractivity contribution in [3.05, 3.63) is 47.3 Å². The number of anilines is 1. The molecule has 2 aromatic rings. The van der Waals surface area contributed by atoms with Crippen molar-refractivity contribution in [3.63, 3.8) is 0 Å². The summed E-state index contributed by atoms with van der Waals surface area (Å²) in [6.45, 7) is 0.661. The fraction of sp³-hybridized carbons (Fsp3) is 0.357. The third-order valence-corrected chi connectivity index (χ3v) is 3.63. The molecule has 0 spiro atoms. The first kappa shape index (κ1) is 13.0. The van der Waals surface area contributed by atoms with Crippen LogP contribution in [0.1, 0.15) is 29.0 Å². The average molecular weight is 281 g/mol. The Balaban J connectivity index is 2.01. The maximum atomic E-state index is 12.7. The normalized spacial score (nSPS) is 18.5. The van der Waals surface area contributed by atoms with Crippen LogP contribution in [0.4, 0.5) is 18.9 Å². The molecule has 0 radical (unpaired) electrons. The number of aromatic nitrogens is 2. The molecule has 3 nitrogen and oxygen atoms in total. The Morgan fingerprint density at radius 1 is 1.35 bits per heavy atom. The van der Waals surface area contributed by atoms with E-state index < -0.39 is 11.7 Å². The fourth-order valence-corrected chi connectivity index (χ4v) is 2.66. The van der Waals surface area contributed by atoms with Crippen LogP contribution in [0.2, 0.25) is 0 Å². The van der Waals surface area contributed by atoms with Crippen LogP contribution in [0.5, 0.6) is 0 Å². The molecule has 1 N–H and O–H groups in total. The van der Waals surface area contributed by atoms with Crippen LogP contribution in [0, 0.1) is 0 Å². The van der Waals surface area contributed by atoms with E-state index in [4.69, 9.17) is 0 Å². The van der Waals surface area contributed by atoms with Crippen molar-refractivity contribution < 1.29 is 13.2 Å². The predicted octanol–water partition coefficient (Wildman–Crippen LogP) is 3.39. The van der Waals surface area contributed by atoms with Crippen molar-refractivity contribution in [2.75, 3.05) is 11.9 Å². The van der Waals surface area contributed by atoms with Gasteiger partial charge in [0.15, 0.2) is 0 Å². The van der Waals surface area contributed by atoms with Gasteiger partial charge in [0.2, 0.25) is 0 Å². The summed E-state index contributed by atoms with van der Waals surface area (Å²) >= 11 is 0. The SMILES string of the molecule is Cn1cc(C2CCNc3cc(C(F)(F)F)ccc32)cn1. The summed E-state index contributed by atoms with van der Waals surface area (Å²) in [5.41, 5.74) is 1.89. The largest absolute Gasteiger partial charge is 0.416 e. The van der Waals surface area contributed by atoms with Crippen LogP contribution in [-0.4, -0.2) is 16.3 Å². The maximum absolute atomic E-state index is 12.7.